The van der Waals surface area contributed by atoms with Crippen LogP contribution >= 0.6 is 12.2 Å². The molecule has 0 saturated heterocycles. The van der Waals surface area contributed by atoms with Gasteiger partial charge in [0.05, 0.1) is 0 Å². The van der Waals surface area contributed by atoms with E-state index in [9.17, 15) is 9.59 Å². The maximum absolute atomic E-state index is 11.9. The van der Waals surface area contributed by atoms with Gasteiger partial charge in [-0.2, -0.15) is 0 Å². The summed E-state index contributed by atoms with van der Waals surface area (Å²) >= 11 is 4.89. The first-order valence-electron chi connectivity index (χ1n) is 5.24. The summed E-state index contributed by atoms with van der Waals surface area (Å²) in [7, 11) is 1.51. The van der Waals surface area contributed by atoms with Crippen LogP contribution in [0.1, 0.15) is 10.4 Å². The lowest BCUT2D eigenvalue weighted by Crippen LogP contribution is -2.28. The Bertz CT molecular complexity index is 688. The average Bonchev–Trinajstić information content (AvgIpc) is 2.37. The van der Waals surface area contributed by atoms with E-state index < -0.39 is 11.5 Å². The first kappa shape index (κ1) is 12.3. The van der Waals surface area contributed by atoms with Gasteiger partial charge in [0.25, 0.3) is 11.5 Å². The molecule has 0 radical (unpaired) electrons. The molecule has 0 aliphatic rings. The minimum absolute atomic E-state index is 0.0231. The largest absolute Gasteiger partial charge is 0.338 e. The summed E-state index contributed by atoms with van der Waals surface area (Å²) in [4.78, 5) is 26.4. The van der Waals surface area contributed by atoms with Gasteiger partial charge < -0.3 is 10.3 Å². The number of carbonyl (C=O) groups is 1. The van der Waals surface area contributed by atoms with Crippen LogP contribution in [0.4, 0.5) is 5.69 Å². The molecule has 0 aliphatic heterocycles. The molecule has 2 aromatic rings. The van der Waals surface area contributed by atoms with Crippen molar-refractivity contribution in [1.82, 2.24) is 9.55 Å². The molecule has 0 bridgehead atoms. The highest BCUT2D eigenvalue weighted by molar-refractivity contribution is 7.71. The highest BCUT2D eigenvalue weighted by Crippen LogP contribution is 2.06. The van der Waals surface area contributed by atoms with Crippen molar-refractivity contribution in [1.29, 1.82) is 0 Å². The number of hydrogen-bond acceptors (Lipinski definition) is 3. The summed E-state index contributed by atoms with van der Waals surface area (Å²) in [5, 5.41) is 2.64. The van der Waals surface area contributed by atoms with Crippen molar-refractivity contribution >= 4 is 23.8 Å². The zero-order valence-corrected chi connectivity index (χ0v) is 10.5. The maximum atomic E-state index is 11.9. The molecule has 92 valence electrons. The molecule has 2 N–H and O–H groups in total. The third-order valence-corrected chi connectivity index (χ3v) is 2.85. The van der Waals surface area contributed by atoms with Crippen LogP contribution in [0.5, 0.6) is 0 Å². The van der Waals surface area contributed by atoms with Gasteiger partial charge in [0, 0.05) is 18.9 Å². The number of nitrogens with zero attached hydrogens (tertiary/aromatic N) is 1. The number of amides is 1. The van der Waals surface area contributed by atoms with Crippen LogP contribution in [0.3, 0.4) is 0 Å². The first-order chi connectivity index (χ1) is 8.59. The molecule has 18 heavy (non-hydrogen) atoms. The van der Waals surface area contributed by atoms with E-state index in [1.807, 2.05) is 6.07 Å². The summed E-state index contributed by atoms with van der Waals surface area (Å²) in [6.45, 7) is 0. The fourth-order valence-electron chi connectivity index (χ4n) is 1.45. The second-order valence-electron chi connectivity index (χ2n) is 3.69. The molecule has 5 nitrogen and oxygen atoms in total. The Kier molecular flexibility index (Phi) is 3.38. The van der Waals surface area contributed by atoms with Gasteiger partial charge in [-0.05, 0) is 24.4 Å². The number of para-hydroxylation sites is 1. The second kappa shape index (κ2) is 4.97. The molecule has 2 rings (SSSR count). The molecule has 0 aliphatic carbocycles. The second-order valence-corrected chi connectivity index (χ2v) is 4.08. The number of aromatic nitrogens is 2. The molecule has 0 spiro atoms. The summed E-state index contributed by atoms with van der Waals surface area (Å²) < 4.78 is 1.49. The highest BCUT2D eigenvalue weighted by Gasteiger charge is 2.12. The number of H-pyrrole nitrogens is 1. The molecule has 1 amide bonds. The Hall–Kier alpha value is -2.21. The normalized spacial score (nSPS) is 10.1. The van der Waals surface area contributed by atoms with E-state index in [0.717, 1.165) is 0 Å². The standard InChI is InChI=1S/C12H11N3O2S/c1-15-11(17)9(7-13-12(15)18)10(16)14-8-5-3-2-4-6-8/h2-7H,1H3,(H,13,18)(H,14,16). The van der Waals surface area contributed by atoms with E-state index in [1.54, 1.807) is 24.3 Å². The van der Waals surface area contributed by atoms with E-state index in [0.29, 0.717) is 5.69 Å². The van der Waals surface area contributed by atoms with Gasteiger partial charge in [-0.25, -0.2) is 0 Å². The van der Waals surface area contributed by atoms with Crippen LogP contribution in [0.25, 0.3) is 0 Å². The van der Waals surface area contributed by atoms with Crippen LogP contribution < -0.4 is 10.9 Å². The third-order valence-electron chi connectivity index (χ3n) is 2.46. The summed E-state index contributed by atoms with van der Waals surface area (Å²) in [6.07, 6.45) is 1.32. The molecule has 6 heteroatoms. The van der Waals surface area contributed by atoms with E-state index in [-0.39, 0.29) is 10.3 Å². The Morgan fingerprint density at radius 2 is 2.00 bits per heavy atom. The molecular weight excluding hydrogens is 250 g/mol. The lowest BCUT2D eigenvalue weighted by atomic mass is 10.2. The fourth-order valence-corrected chi connectivity index (χ4v) is 1.59. The Morgan fingerprint density at radius 1 is 1.33 bits per heavy atom. The maximum Gasteiger partial charge on any atom is 0.266 e. The van der Waals surface area contributed by atoms with Crippen LogP contribution in [0.15, 0.2) is 41.3 Å². The van der Waals surface area contributed by atoms with Crippen molar-refractivity contribution < 1.29 is 4.79 Å². The number of hydrogen-bond donors (Lipinski definition) is 2. The quantitative estimate of drug-likeness (QED) is 0.808. The first-order valence-corrected chi connectivity index (χ1v) is 5.65. The van der Waals surface area contributed by atoms with Crippen molar-refractivity contribution in [3.05, 3.63) is 57.2 Å². The molecule has 1 aromatic heterocycles. The lowest BCUT2D eigenvalue weighted by molar-refractivity contribution is 0.102. The van der Waals surface area contributed by atoms with Gasteiger partial charge in [0.1, 0.15) is 5.56 Å². The molecule has 1 aromatic carbocycles. The van der Waals surface area contributed by atoms with Crippen LogP contribution in [0, 0.1) is 4.77 Å². The molecule has 0 saturated carbocycles. The van der Waals surface area contributed by atoms with Gasteiger partial charge in [-0.1, -0.05) is 18.2 Å². The average molecular weight is 261 g/mol. The minimum atomic E-state index is -0.465. The summed E-state index contributed by atoms with van der Waals surface area (Å²) in [5.74, 6) is -0.465. The number of rotatable bonds is 2. The molecular formula is C12H11N3O2S. The van der Waals surface area contributed by atoms with Gasteiger partial charge in [0.15, 0.2) is 4.77 Å². The van der Waals surface area contributed by atoms with E-state index in [1.165, 1.54) is 17.8 Å². The Morgan fingerprint density at radius 3 is 2.67 bits per heavy atom. The zero-order chi connectivity index (χ0) is 13.1. The molecule has 1 heterocycles. The van der Waals surface area contributed by atoms with E-state index in [2.05, 4.69) is 10.3 Å². The monoisotopic (exact) mass is 261 g/mol. The number of benzene rings is 1. The van der Waals surface area contributed by atoms with Crippen molar-refractivity contribution in [2.75, 3.05) is 5.32 Å². The molecule has 0 unspecified atom stereocenters. The minimum Gasteiger partial charge on any atom is -0.338 e. The smallest absolute Gasteiger partial charge is 0.266 e. The topological polar surface area (TPSA) is 66.9 Å². The van der Waals surface area contributed by atoms with Crippen LogP contribution in [-0.4, -0.2) is 15.5 Å². The van der Waals surface area contributed by atoms with E-state index >= 15 is 0 Å². The van der Waals surface area contributed by atoms with Gasteiger partial charge in [-0.3, -0.25) is 14.2 Å². The van der Waals surface area contributed by atoms with Gasteiger partial charge >= 0.3 is 0 Å². The van der Waals surface area contributed by atoms with Crippen molar-refractivity contribution in [3.8, 4) is 0 Å². The summed E-state index contributed by atoms with van der Waals surface area (Å²) in [6, 6.07) is 8.92. The third kappa shape index (κ3) is 2.38. The van der Waals surface area contributed by atoms with Gasteiger partial charge in [-0.15, -0.1) is 0 Å². The molecule has 0 atom stereocenters. The summed E-state index contributed by atoms with van der Waals surface area (Å²) in [5.41, 5.74) is 0.231. The highest BCUT2D eigenvalue weighted by atomic mass is 32.1. The predicted molar refractivity (Wildman–Crippen MR) is 71.3 cm³/mol. The Labute approximate surface area is 108 Å². The number of nitrogens with one attached hydrogen (secondary N) is 2. The number of carbonyl (C=O) groups excluding carboxylic acids is 1. The Balaban J connectivity index is 2.34. The van der Waals surface area contributed by atoms with Crippen LogP contribution in [-0.2, 0) is 7.05 Å². The SMILES string of the molecule is Cn1c(=S)[nH]cc(C(=O)Nc2ccccc2)c1=O. The zero-order valence-electron chi connectivity index (χ0n) is 9.64. The van der Waals surface area contributed by atoms with Crippen molar-refractivity contribution in [2.24, 2.45) is 7.05 Å². The van der Waals surface area contributed by atoms with E-state index in [4.69, 9.17) is 12.2 Å². The number of aromatic amines is 1. The van der Waals surface area contributed by atoms with Crippen LogP contribution in [0.2, 0.25) is 0 Å². The van der Waals surface area contributed by atoms with Crippen molar-refractivity contribution in [2.45, 2.75) is 0 Å². The predicted octanol–water partition coefficient (Wildman–Crippen LogP) is 1.70. The number of anilines is 1. The molecule has 0 fully saturated rings. The fraction of sp³-hybridized carbons (Fsp3) is 0.0833. The van der Waals surface area contributed by atoms with Gasteiger partial charge in [0.2, 0.25) is 0 Å². The lowest BCUT2D eigenvalue weighted by Gasteiger charge is -2.05. The van der Waals surface area contributed by atoms with Crippen molar-refractivity contribution in [3.63, 3.8) is 0 Å².